The quantitative estimate of drug-likeness (QED) is 0.0986. The van der Waals surface area contributed by atoms with E-state index in [0.29, 0.717) is 59.4 Å². The number of rotatable bonds is 11. The number of aryl methyl sites for hydroxylation is 1. The van der Waals surface area contributed by atoms with Crippen LogP contribution in [0.25, 0.3) is 44.7 Å². The predicted molar refractivity (Wildman–Crippen MR) is 244 cm³/mol. The Morgan fingerprint density at radius 1 is 0.803 bits per heavy atom. The largest absolute Gasteiger partial charge is 0.464 e. The second-order valence-corrected chi connectivity index (χ2v) is 18.6. The highest BCUT2D eigenvalue weighted by atomic mass is 32.1. The molecular weight excluding hydrogens is 868 g/mol. The summed E-state index contributed by atoms with van der Waals surface area (Å²) in [7, 11) is 2.54. The maximum atomic E-state index is 16.8. The highest BCUT2D eigenvalue weighted by Gasteiger charge is 2.40. The molecule has 0 spiro atoms. The first-order chi connectivity index (χ1) is 31.7. The smallest absolute Gasteiger partial charge is 0.407 e. The Kier molecular flexibility index (Phi) is 12.1. The first-order valence-corrected chi connectivity index (χ1v) is 23.0. The fourth-order valence-corrected chi connectivity index (χ4v) is 10.2. The standard InChI is InChI=1S/C47H53FN10O7S/c1-23(2)39(53-46(61)63-6)43(59)56-14-8-10-33(56)41-49-21-30(51-41)26-12-13-32-28(17-26)19-35-38-29(48)18-27(20-36(38)65-45(58(32)35)37-16-25(5)55-66-37)31-22-50-42(52-31)34-11-9-15-57(34)44(60)40(24(3)4)54-47(62)64-7/h12-13,16-24,33-34,39-40,45H,8-11,14-15H2,1-7H3,(H,49,51)(H,50,52)(H,53,61)(H,54,62)/t33-,34-,39-,40-,45?/m0/s1. The average Bonchev–Trinajstić information content (AvgIpc) is 4.16. The van der Waals surface area contributed by atoms with Crippen molar-refractivity contribution in [3.63, 3.8) is 0 Å². The summed E-state index contributed by atoms with van der Waals surface area (Å²) in [5.41, 5.74) is 5.32. The number of carbonyl (C=O) groups excluding carboxylic acids is 4. The van der Waals surface area contributed by atoms with Crippen molar-refractivity contribution in [2.45, 2.75) is 90.7 Å². The van der Waals surface area contributed by atoms with Crippen molar-refractivity contribution in [1.82, 2.24) is 49.3 Å². The van der Waals surface area contributed by atoms with Gasteiger partial charge in [0, 0.05) is 29.6 Å². The number of ether oxygens (including phenoxy) is 3. The number of likely N-dealkylation sites (tertiary alicyclic amines) is 2. The van der Waals surface area contributed by atoms with Crippen molar-refractivity contribution in [3.05, 3.63) is 82.9 Å². The van der Waals surface area contributed by atoms with Crippen LogP contribution >= 0.6 is 11.5 Å². The van der Waals surface area contributed by atoms with Crippen LogP contribution in [0.2, 0.25) is 0 Å². The molecule has 17 nitrogen and oxygen atoms in total. The molecule has 7 heterocycles. The third-order valence-electron chi connectivity index (χ3n) is 12.8. The van der Waals surface area contributed by atoms with E-state index in [1.165, 1.54) is 31.8 Å². The molecular formula is C47H53FN10O7S. The van der Waals surface area contributed by atoms with Crippen LogP contribution in [0.5, 0.6) is 5.75 Å². The van der Waals surface area contributed by atoms with Crippen molar-refractivity contribution in [1.29, 1.82) is 0 Å². The van der Waals surface area contributed by atoms with Crippen LogP contribution in [-0.2, 0) is 19.1 Å². The summed E-state index contributed by atoms with van der Waals surface area (Å²) in [6, 6.07) is 11.1. The number of alkyl carbamates (subject to hydrolysis) is 2. The number of fused-ring (bicyclic) bond motifs is 5. The molecule has 6 aromatic rings. The van der Waals surface area contributed by atoms with E-state index in [1.807, 2.05) is 75.6 Å². The first kappa shape index (κ1) is 44.4. The Labute approximate surface area is 384 Å². The molecule has 0 bridgehead atoms. The Morgan fingerprint density at radius 2 is 1.38 bits per heavy atom. The van der Waals surface area contributed by atoms with Gasteiger partial charge in [-0.25, -0.2) is 23.9 Å². The number of H-pyrrole nitrogens is 2. The summed E-state index contributed by atoms with van der Waals surface area (Å²) in [6.07, 6.45) is 4.37. The lowest BCUT2D eigenvalue weighted by atomic mass is 10.0. The number of aromatic nitrogens is 6. The molecule has 3 aliphatic rings. The zero-order valence-electron chi connectivity index (χ0n) is 37.8. The molecule has 19 heteroatoms. The molecule has 2 fully saturated rings. The highest BCUT2D eigenvalue weighted by Crippen LogP contribution is 2.48. The summed E-state index contributed by atoms with van der Waals surface area (Å²) < 4.78 is 39.7. The van der Waals surface area contributed by atoms with Gasteiger partial charge in [0.15, 0.2) is 0 Å². The zero-order valence-corrected chi connectivity index (χ0v) is 38.6. The number of carbonyl (C=O) groups is 4. The van der Waals surface area contributed by atoms with Gasteiger partial charge in [-0.15, -0.1) is 0 Å². The zero-order chi connectivity index (χ0) is 46.6. The molecule has 2 aromatic carbocycles. The van der Waals surface area contributed by atoms with Gasteiger partial charge in [-0.2, -0.15) is 4.37 Å². The number of nitrogens with zero attached hydrogens (tertiary/aromatic N) is 6. The van der Waals surface area contributed by atoms with Gasteiger partial charge in [-0.05, 0) is 92.4 Å². The number of methoxy groups -OCH3 is 2. The van der Waals surface area contributed by atoms with Gasteiger partial charge in [0.05, 0.1) is 77.4 Å². The van der Waals surface area contributed by atoms with E-state index in [2.05, 4.69) is 30.0 Å². The van der Waals surface area contributed by atoms with E-state index >= 15 is 4.39 Å². The van der Waals surface area contributed by atoms with Crippen LogP contribution < -0.4 is 15.4 Å². The Morgan fingerprint density at radius 3 is 1.91 bits per heavy atom. The predicted octanol–water partition coefficient (Wildman–Crippen LogP) is 8.02. The molecule has 4 aromatic heterocycles. The summed E-state index contributed by atoms with van der Waals surface area (Å²) in [5, 5.41) is 6.23. The minimum Gasteiger partial charge on any atom is -0.464 e. The molecule has 0 radical (unpaired) electrons. The molecule has 0 aliphatic carbocycles. The fourth-order valence-electron chi connectivity index (χ4n) is 9.48. The Balaban J connectivity index is 1.02. The van der Waals surface area contributed by atoms with E-state index in [4.69, 9.17) is 19.2 Å². The number of halogens is 1. The third-order valence-corrected chi connectivity index (χ3v) is 13.7. The minimum absolute atomic E-state index is 0.154. The normalized spacial score (nSPS) is 18.8. The van der Waals surface area contributed by atoms with E-state index in [-0.39, 0.29) is 35.7 Å². The maximum Gasteiger partial charge on any atom is 0.407 e. The van der Waals surface area contributed by atoms with Gasteiger partial charge in [-0.1, -0.05) is 33.8 Å². The number of amides is 4. The van der Waals surface area contributed by atoms with Crippen LogP contribution in [0, 0.1) is 24.6 Å². The minimum atomic E-state index is -0.773. The van der Waals surface area contributed by atoms with Crippen molar-refractivity contribution in [2.75, 3.05) is 27.3 Å². The number of benzene rings is 2. The summed E-state index contributed by atoms with van der Waals surface area (Å²) >= 11 is 1.33. The van der Waals surface area contributed by atoms with Gasteiger partial charge in [-0.3, -0.25) is 14.2 Å². The molecule has 346 valence electrons. The SMILES string of the molecule is COC(=O)N[C@H](C(=O)N1CCC[C@H]1c1ncc(-c2cc(F)c3c(c2)OC(c2cc(C)ns2)n2c-3cc3cc(-c4cnc([C@@H]5CCCN5C(=O)[C@@H](NC(=O)OC)C(C)C)[nH]4)ccc32)[nH]1)C(C)C. The van der Waals surface area contributed by atoms with E-state index < -0.39 is 36.3 Å². The molecule has 3 aliphatic heterocycles. The van der Waals surface area contributed by atoms with Gasteiger partial charge in [0.1, 0.15) is 35.3 Å². The average molecular weight is 921 g/mol. The third kappa shape index (κ3) is 8.13. The first-order valence-electron chi connectivity index (χ1n) is 22.2. The Hall–Kier alpha value is -6.76. The molecule has 2 saturated heterocycles. The van der Waals surface area contributed by atoms with Gasteiger partial charge in [0.2, 0.25) is 18.0 Å². The maximum absolute atomic E-state index is 16.8. The fraction of sp³-hybridized carbons (Fsp3) is 0.426. The van der Waals surface area contributed by atoms with Crippen LogP contribution in [0.15, 0.2) is 54.9 Å². The highest BCUT2D eigenvalue weighted by molar-refractivity contribution is 7.05. The van der Waals surface area contributed by atoms with E-state index in [1.54, 1.807) is 22.2 Å². The van der Waals surface area contributed by atoms with Crippen LogP contribution in [0.3, 0.4) is 0 Å². The van der Waals surface area contributed by atoms with Crippen molar-refractivity contribution in [2.24, 2.45) is 11.8 Å². The van der Waals surface area contributed by atoms with Crippen LogP contribution in [-0.4, -0.2) is 102 Å². The molecule has 0 saturated carbocycles. The van der Waals surface area contributed by atoms with Crippen LogP contribution in [0.4, 0.5) is 14.0 Å². The lowest BCUT2D eigenvalue weighted by Gasteiger charge is -2.30. The number of aromatic amines is 2. The van der Waals surface area contributed by atoms with E-state index in [9.17, 15) is 19.2 Å². The summed E-state index contributed by atoms with van der Waals surface area (Å²) in [4.78, 5) is 72.3. The molecule has 9 rings (SSSR count). The van der Waals surface area contributed by atoms with E-state index in [0.717, 1.165) is 52.0 Å². The number of hydrogen-bond donors (Lipinski definition) is 4. The number of nitrogens with one attached hydrogen (secondary N) is 4. The molecule has 4 N–H and O–H groups in total. The van der Waals surface area contributed by atoms with Crippen LogP contribution in [0.1, 0.15) is 93.9 Å². The van der Waals surface area contributed by atoms with Crippen molar-refractivity contribution < 1.29 is 37.8 Å². The summed E-state index contributed by atoms with van der Waals surface area (Å²) in [5.74, 6) is 0.353. The van der Waals surface area contributed by atoms with Crippen molar-refractivity contribution in [3.8, 4) is 39.5 Å². The molecule has 1 unspecified atom stereocenters. The molecule has 4 amide bonds. The molecule has 5 atom stereocenters. The molecule has 66 heavy (non-hydrogen) atoms. The van der Waals surface area contributed by atoms with Gasteiger partial charge in [0.25, 0.3) is 0 Å². The second-order valence-electron chi connectivity index (χ2n) is 17.8. The second kappa shape index (κ2) is 17.9. The van der Waals surface area contributed by atoms with Gasteiger partial charge < -0.3 is 44.6 Å². The number of hydrogen-bond acceptors (Lipinski definition) is 11. The Bertz CT molecular complexity index is 2830. The topological polar surface area (TPSA) is 202 Å². The monoisotopic (exact) mass is 920 g/mol. The lowest BCUT2D eigenvalue weighted by Crippen LogP contribution is -2.51. The lowest BCUT2D eigenvalue weighted by molar-refractivity contribution is -0.136. The van der Waals surface area contributed by atoms with Gasteiger partial charge >= 0.3 is 12.2 Å². The summed E-state index contributed by atoms with van der Waals surface area (Å²) in [6.45, 7) is 10.5. The number of imidazole rings is 2. The van der Waals surface area contributed by atoms with Crippen molar-refractivity contribution >= 4 is 46.4 Å².